The van der Waals surface area contributed by atoms with E-state index in [-0.39, 0.29) is 11.5 Å². The Kier molecular flexibility index (Phi) is 5.32. The van der Waals surface area contributed by atoms with Crippen molar-refractivity contribution in [3.8, 4) is 23.0 Å². The van der Waals surface area contributed by atoms with Crippen LogP contribution in [0.5, 0.6) is 23.0 Å². The summed E-state index contributed by atoms with van der Waals surface area (Å²) in [6.07, 6.45) is 1.75. The highest BCUT2D eigenvalue weighted by atomic mass is 16.5. The Balaban J connectivity index is 0.000000492. The van der Waals surface area contributed by atoms with Crippen LogP contribution >= 0.6 is 0 Å². The van der Waals surface area contributed by atoms with Gasteiger partial charge >= 0.3 is 0 Å². The molecule has 3 nitrogen and oxygen atoms in total. The monoisotopic (exact) mass is 244 g/mol. The van der Waals surface area contributed by atoms with Crippen molar-refractivity contribution in [2.75, 3.05) is 0 Å². The third-order valence-corrected chi connectivity index (χ3v) is 1.91. The van der Waals surface area contributed by atoms with Crippen molar-refractivity contribution in [1.82, 2.24) is 0 Å². The van der Waals surface area contributed by atoms with Crippen LogP contribution in [0, 0.1) is 0 Å². The Morgan fingerprint density at radius 2 is 1.11 bits per heavy atom. The van der Waals surface area contributed by atoms with Gasteiger partial charge in [0.05, 0.1) is 0 Å². The second-order valence-electron chi connectivity index (χ2n) is 3.50. The van der Waals surface area contributed by atoms with Gasteiger partial charge in [-0.2, -0.15) is 0 Å². The van der Waals surface area contributed by atoms with Gasteiger partial charge in [0.15, 0.2) is 0 Å². The van der Waals surface area contributed by atoms with Gasteiger partial charge in [0, 0.05) is 0 Å². The first-order valence-electron chi connectivity index (χ1n) is 5.48. The van der Waals surface area contributed by atoms with Crippen LogP contribution in [-0.4, -0.2) is 10.2 Å². The second kappa shape index (κ2) is 7.01. The topological polar surface area (TPSA) is 49.7 Å². The molecule has 0 amide bonds. The van der Waals surface area contributed by atoms with E-state index >= 15 is 0 Å². The zero-order valence-corrected chi connectivity index (χ0v) is 10.2. The summed E-state index contributed by atoms with van der Waals surface area (Å²) in [6, 6.07) is 12.9. The van der Waals surface area contributed by atoms with E-state index in [0.29, 0.717) is 11.5 Å². The Bertz CT molecular complexity index is 429. The van der Waals surface area contributed by atoms with Crippen LogP contribution in [0.1, 0.15) is 6.92 Å². The lowest BCUT2D eigenvalue weighted by atomic mass is 10.3. The van der Waals surface area contributed by atoms with Crippen molar-refractivity contribution in [3.05, 3.63) is 61.2 Å². The van der Waals surface area contributed by atoms with Crippen LogP contribution in [0.25, 0.3) is 0 Å². The summed E-state index contributed by atoms with van der Waals surface area (Å²) < 4.78 is 5.47. The lowest BCUT2D eigenvalue weighted by Gasteiger charge is -2.05. The maximum atomic E-state index is 9.07. The van der Waals surface area contributed by atoms with Crippen molar-refractivity contribution in [2.24, 2.45) is 0 Å². The Morgan fingerprint density at radius 3 is 1.39 bits per heavy atom. The number of hydrogen-bond acceptors (Lipinski definition) is 3. The lowest BCUT2D eigenvalue weighted by molar-refractivity contribution is 0.459. The van der Waals surface area contributed by atoms with Crippen LogP contribution in [0.4, 0.5) is 0 Å². The fraction of sp³-hybridized carbons (Fsp3) is 0.0667. The first-order valence-corrected chi connectivity index (χ1v) is 5.48. The first kappa shape index (κ1) is 13.6. The van der Waals surface area contributed by atoms with Gasteiger partial charge in [-0.1, -0.05) is 6.08 Å². The fourth-order valence-corrected chi connectivity index (χ4v) is 1.16. The van der Waals surface area contributed by atoms with Crippen molar-refractivity contribution < 1.29 is 14.9 Å². The molecule has 3 heteroatoms. The lowest BCUT2D eigenvalue weighted by Crippen LogP contribution is -1.82. The maximum absolute atomic E-state index is 9.07. The van der Waals surface area contributed by atoms with E-state index in [1.165, 1.54) is 0 Å². The van der Waals surface area contributed by atoms with Crippen molar-refractivity contribution >= 4 is 0 Å². The molecule has 0 aliphatic carbocycles. The minimum atomic E-state index is 0.202. The average Bonchev–Trinajstić information content (AvgIpc) is 2.36. The third-order valence-electron chi connectivity index (χ3n) is 1.91. The molecule has 0 saturated heterocycles. The Morgan fingerprint density at radius 1 is 0.833 bits per heavy atom. The SMILES string of the molecule is C=CC.Oc1ccc(Oc2ccc(O)cc2)cc1. The quantitative estimate of drug-likeness (QED) is 0.782. The van der Waals surface area contributed by atoms with Gasteiger partial charge in [0.1, 0.15) is 23.0 Å². The standard InChI is InChI=1S/C12H10O3.C3H6/c13-9-1-5-11(6-2-9)15-12-7-3-10(14)4-8-12;1-3-2/h1-8,13-14H;3H,1H2,2H3. The van der Waals surface area contributed by atoms with Crippen LogP contribution in [0.2, 0.25) is 0 Å². The number of phenolic OH excluding ortho intramolecular Hbond substituents is 2. The number of allylic oxidation sites excluding steroid dienone is 1. The average molecular weight is 244 g/mol. The number of phenols is 2. The zero-order chi connectivity index (χ0) is 13.4. The maximum Gasteiger partial charge on any atom is 0.127 e. The van der Waals surface area contributed by atoms with Gasteiger partial charge in [0.25, 0.3) is 0 Å². The number of aromatic hydroxyl groups is 2. The van der Waals surface area contributed by atoms with E-state index in [4.69, 9.17) is 14.9 Å². The summed E-state index contributed by atoms with van der Waals surface area (Å²) in [5, 5.41) is 18.1. The molecular formula is C15H16O3. The number of benzene rings is 2. The molecule has 0 aliphatic heterocycles. The molecule has 2 N–H and O–H groups in total. The summed E-state index contributed by atoms with van der Waals surface area (Å²) in [5.41, 5.74) is 0. The van der Waals surface area contributed by atoms with Gasteiger partial charge in [-0.3, -0.25) is 0 Å². The molecule has 0 aliphatic rings. The van der Waals surface area contributed by atoms with E-state index in [9.17, 15) is 0 Å². The summed E-state index contributed by atoms with van der Waals surface area (Å²) in [5.74, 6) is 1.68. The number of ether oxygens (including phenoxy) is 1. The van der Waals surface area contributed by atoms with Crippen molar-refractivity contribution in [3.63, 3.8) is 0 Å². The highest BCUT2D eigenvalue weighted by molar-refractivity contribution is 5.36. The Hall–Kier alpha value is -2.42. The fourth-order valence-electron chi connectivity index (χ4n) is 1.16. The molecule has 2 aromatic rings. The van der Waals surface area contributed by atoms with Gasteiger partial charge in [0.2, 0.25) is 0 Å². The predicted octanol–water partition coefficient (Wildman–Crippen LogP) is 4.08. The van der Waals surface area contributed by atoms with Crippen LogP contribution < -0.4 is 4.74 Å². The molecule has 0 radical (unpaired) electrons. The molecule has 2 aromatic carbocycles. The second-order valence-corrected chi connectivity index (χ2v) is 3.50. The number of rotatable bonds is 2. The molecule has 18 heavy (non-hydrogen) atoms. The molecule has 0 atom stereocenters. The summed E-state index contributed by atoms with van der Waals surface area (Å²) in [6.45, 7) is 5.25. The van der Waals surface area contributed by atoms with Crippen LogP contribution in [0.15, 0.2) is 61.2 Å². The molecule has 0 aromatic heterocycles. The minimum Gasteiger partial charge on any atom is -0.508 e. The van der Waals surface area contributed by atoms with Gasteiger partial charge < -0.3 is 14.9 Å². The summed E-state index contributed by atoms with van der Waals surface area (Å²) >= 11 is 0. The smallest absolute Gasteiger partial charge is 0.127 e. The Labute approximate surface area is 107 Å². The molecule has 94 valence electrons. The molecule has 0 spiro atoms. The molecule has 0 heterocycles. The molecule has 0 saturated carbocycles. The zero-order valence-electron chi connectivity index (χ0n) is 10.2. The normalized spacial score (nSPS) is 8.94. The highest BCUT2D eigenvalue weighted by Crippen LogP contribution is 2.24. The molecule has 0 fully saturated rings. The van der Waals surface area contributed by atoms with Crippen LogP contribution in [0.3, 0.4) is 0 Å². The first-order chi connectivity index (χ1) is 8.65. The highest BCUT2D eigenvalue weighted by Gasteiger charge is 1.97. The summed E-state index contributed by atoms with van der Waals surface area (Å²) in [4.78, 5) is 0. The largest absolute Gasteiger partial charge is 0.508 e. The van der Waals surface area contributed by atoms with E-state index in [1.54, 1.807) is 54.6 Å². The predicted molar refractivity (Wildman–Crippen MR) is 72.2 cm³/mol. The van der Waals surface area contributed by atoms with Crippen molar-refractivity contribution in [1.29, 1.82) is 0 Å². The molecule has 0 unspecified atom stereocenters. The van der Waals surface area contributed by atoms with Crippen LogP contribution in [-0.2, 0) is 0 Å². The van der Waals surface area contributed by atoms with E-state index in [0.717, 1.165) is 0 Å². The van der Waals surface area contributed by atoms with E-state index in [2.05, 4.69) is 6.58 Å². The van der Waals surface area contributed by atoms with Gasteiger partial charge in [-0.25, -0.2) is 0 Å². The molecule has 2 rings (SSSR count). The van der Waals surface area contributed by atoms with E-state index in [1.807, 2.05) is 6.92 Å². The third kappa shape index (κ3) is 4.61. The van der Waals surface area contributed by atoms with E-state index < -0.39 is 0 Å². The molecular weight excluding hydrogens is 228 g/mol. The summed E-state index contributed by atoms with van der Waals surface area (Å²) in [7, 11) is 0. The van der Waals surface area contributed by atoms with Gasteiger partial charge in [-0.15, -0.1) is 6.58 Å². The minimum absolute atomic E-state index is 0.202. The number of hydrogen-bond donors (Lipinski definition) is 2. The molecule has 0 bridgehead atoms. The van der Waals surface area contributed by atoms with Gasteiger partial charge in [-0.05, 0) is 55.5 Å². The van der Waals surface area contributed by atoms with Crippen molar-refractivity contribution in [2.45, 2.75) is 6.92 Å².